The van der Waals surface area contributed by atoms with Gasteiger partial charge in [0.05, 0.1) is 11.4 Å². The lowest BCUT2D eigenvalue weighted by Gasteiger charge is -2.22. The molecule has 2 aromatic heterocycles. The smallest absolute Gasteiger partial charge is 0.226 e. The van der Waals surface area contributed by atoms with E-state index in [4.69, 9.17) is 0 Å². The number of rotatable bonds is 2. The molecule has 116 valence electrons. The van der Waals surface area contributed by atoms with Gasteiger partial charge in [-0.05, 0) is 34.5 Å². The van der Waals surface area contributed by atoms with Crippen molar-refractivity contribution in [2.24, 2.45) is 0 Å². The zero-order chi connectivity index (χ0) is 16.0. The van der Waals surface area contributed by atoms with Crippen LogP contribution >= 0.6 is 11.3 Å². The fourth-order valence-corrected chi connectivity index (χ4v) is 3.52. The summed E-state index contributed by atoms with van der Waals surface area (Å²) in [5.74, 6) is -1.10. The third-order valence-electron chi connectivity index (χ3n) is 3.89. The second-order valence-electron chi connectivity index (χ2n) is 5.31. The lowest BCUT2D eigenvalue weighted by Crippen LogP contribution is -2.24. The van der Waals surface area contributed by atoms with Crippen molar-refractivity contribution in [3.05, 3.63) is 64.2 Å². The Hall–Kier alpha value is -2.54. The van der Waals surface area contributed by atoms with Gasteiger partial charge in [-0.25, -0.2) is 13.8 Å². The summed E-state index contributed by atoms with van der Waals surface area (Å²) in [5.41, 5.74) is 1.67. The van der Waals surface area contributed by atoms with Crippen LogP contribution in [0.25, 0.3) is 5.69 Å². The molecular formula is C16H11F2N3OS. The number of anilines is 1. The summed E-state index contributed by atoms with van der Waals surface area (Å²) < 4.78 is 28.9. The molecule has 0 radical (unpaired) electrons. The number of carbonyl (C=O) groups excluding carboxylic acids is 1. The molecule has 4 nitrogen and oxygen atoms in total. The number of benzene rings is 1. The summed E-state index contributed by atoms with van der Waals surface area (Å²) in [5, 5.41) is 6.62. The average molecular weight is 331 g/mol. The van der Waals surface area contributed by atoms with E-state index in [1.54, 1.807) is 11.3 Å². The van der Waals surface area contributed by atoms with E-state index in [1.807, 2.05) is 16.8 Å². The van der Waals surface area contributed by atoms with Gasteiger partial charge in [0.25, 0.3) is 0 Å². The number of hydrogen-bond acceptors (Lipinski definition) is 3. The van der Waals surface area contributed by atoms with Crippen molar-refractivity contribution < 1.29 is 13.6 Å². The number of nitrogens with zero attached hydrogens (tertiary/aromatic N) is 2. The Morgan fingerprint density at radius 3 is 2.96 bits per heavy atom. The highest BCUT2D eigenvalue weighted by atomic mass is 32.1. The highest BCUT2D eigenvalue weighted by Crippen LogP contribution is 2.38. The lowest BCUT2D eigenvalue weighted by atomic mass is 9.92. The molecule has 1 aliphatic rings. The average Bonchev–Trinajstić information content (AvgIpc) is 3.18. The molecule has 4 rings (SSSR count). The van der Waals surface area contributed by atoms with Gasteiger partial charge in [-0.3, -0.25) is 9.36 Å². The predicted octanol–water partition coefficient (Wildman–Crippen LogP) is 3.69. The topological polar surface area (TPSA) is 46.9 Å². The Morgan fingerprint density at radius 1 is 1.30 bits per heavy atom. The first-order valence-electron chi connectivity index (χ1n) is 6.98. The number of amides is 1. The minimum Gasteiger partial charge on any atom is -0.310 e. The summed E-state index contributed by atoms with van der Waals surface area (Å²) in [6.07, 6.45) is 1.69. The molecule has 0 unspecified atom stereocenters. The summed E-state index contributed by atoms with van der Waals surface area (Å²) in [4.78, 5) is 16.4. The van der Waals surface area contributed by atoms with Gasteiger partial charge in [0.1, 0.15) is 23.8 Å². The summed E-state index contributed by atoms with van der Waals surface area (Å²) in [6.45, 7) is 0. The van der Waals surface area contributed by atoms with Gasteiger partial charge in [0.2, 0.25) is 5.91 Å². The fourth-order valence-electron chi connectivity index (χ4n) is 2.81. The third kappa shape index (κ3) is 2.33. The zero-order valence-corrected chi connectivity index (χ0v) is 12.6. The predicted molar refractivity (Wildman–Crippen MR) is 82.9 cm³/mol. The van der Waals surface area contributed by atoms with Crippen LogP contribution in [0.1, 0.15) is 23.6 Å². The maximum absolute atomic E-state index is 14.0. The summed E-state index contributed by atoms with van der Waals surface area (Å²) in [7, 11) is 0. The standard InChI is InChI=1S/C16H11F2N3OS/c17-10-1-2-12(18)13(5-10)21-8-19-15-11(9-3-4-23-7-9)6-14(22)20-16(15)21/h1-5,7-8,11H,6H2,(H,20,22)/t11-/m1/s1. The molecule has 1 amide bonds. The van der Waals surface area contributed by atoms with Gasteiger partial charge in [0.15, 0.2) is 0 Å². The van der Waals surface area contributed by atoms with Crippen LogP contribution in [0.3, 0.4) is 0 Å². The van der Waals surface area contributed by atoms with Crippen LogP contribution in [0.5, 0.6) is 0 Å². The van der Waals surface area contributed by atoms with Gasteiger partial charge < -0.3 is 5.32 Å². The first kappa shape index (κ1) is 14.1. The first-order chi connectivity index (χ1) is 11.1. The minimum absolute atomic E-state index is 0.0185. The van der Waals surface area contributed by atoms with Crippen molar-refractivity contribution in [3.8, 4) is 5.69 Å². The molecule has 0 saturated carbocycles. The number of hydrogen-bond donors (Lipinski definition) is 1. The van der Waals surface area contributed by atoms with Crippen molar-refractivity contribution in [2.45, 2.75) is 12.3 Å². The molecule has 3 heterocycles. The molecular weight excluding hydrogens is 320 g/mol. The number of aromatic nitrogens is 2. The first-order valence-corrected chi connectivity index (χ1v) is 7.92. The Labute approximate surface area is 134 Å². The normalized spacial score (nSPS) is 17.0. The maximum Gasteiger partial charge on any atom is 0.226 e. The maximum atomic E-state index is 14.0. The van der Waals surface area contributed by atoms with E-state index in [0.717, 1.165) is 23.8 Å². The Bertz CT molecular complexity index is 889. The van der Waals surface area contributed by atoms with Crippen LogP contribution < -0.4 is 5.32 Å². The van der Waals surface area contributed by atoms with Crippen molar-refractivity contribution in [3.63, 3.8) is 0 Å². The molecule has 1 atom stereocenters. The van der Waals surface area contributed by atoms with E-state index < -0.39 is 11.6 Å². The molecule has 1 aliphatic heterocycles. The quantitative estimate of drug-likeness (QED) is 0.778. The molecule has 23 heavy (non-hydrogen) atoms. The number of carbonyl (C=O) groups is 1. The molecule has 0 saturated heterocycles. The van der Waals surface area contributed by atoms with Gasteiger partial charge in [-0.1, -0.05) is 0 Å². The van der Waals surface area contributed by atoms with Gasteiger partial charge in [0, 0.05) is 18.4 Å². The minimum atomic E-state index is -0.585. The van der Waals surface area contributed by atoms with Crippen molar-refractivity contribution in [1.29, 1.82) is 0 Å². The molecule has 0 spiro atoms. The highest BCUT2D eigenvalue weighted by Gasteiger charge is 2.31. The molecule has 1 aromatic carbocycles. The second-order valence-corrected chi connectivity index (χ2v) is 6.09. The largest absolute Gasteiger partial charge is 0.310 e. The molecule has 0 bridgehead atoms. The fraction of sp³-hybridized carbons (Fsp3) is 0.125. The lowest BCUT2D eigenvalue weighted by molar-refractivity contribution is -0.116. The van der Waals surface area contributed by atoms with Crippen molar-refractivity contribution >= 4 is 23.1 Å². The summed E-state index contributed by atoms with van der Waals surface area (Å²) >= 11 is 1.54. The SMILES string of the molecule is O=C1C[C@H](c2ccsc2)c2ncn(-c3cc(F)ccc3F)c2N1. The van der Waals surface area contributed by atoms with Gasteiger partial charge in [-0.2, -0.15) is 11.3 Å². The number of halogens is 2. The van der Waals surface area contributed by atoms with Crippen LogP contribution in [0.2, 0.25) is 0 Å². The number of thiophene rings is 1. The van der Waals surface area contributed by atoms with Crippen LogP contribution in [0, 0.1) is 11.6 Å². The van der Waals surface area contributed by atoms with Crippen LogP contribution in [-0.2, 0) is 4.79 Å². The van der Waals surface area contributed by atoms with E-state index in [-0.39, 0.29) is 23.9 Å². The molecule has 0 aliphatic carbocycles. The van der Waals surface area contributed by atoms with Crippen molar-refractivity contribution in [2.75, 3.05) is 5.32 Å². The van der Waals surface area contributed by atoms with E-state index >= 15 is 0 Å². The van der Waals surface area contributed by atoms with Crippen LogP contribution in [0.15, 0.2) is 41.4 Å². The van der Waals surface area contributed by atoms with Crippen LogP contribution in [0.4, 0.5) is 14.6 Å². The Balaban J connectivity index is 1.87. The number of nitrogens with one attached hydrogen (secondary N) is 1. The zero-order valence-electron chi connectivity index (χ0n) is 11.8. The molecule has 0 fully saturated rings. The Morgan fingerprint density at radius 2 is 2.17 bits per heavy atom. The van der Waals surface area contributed by atoms with Crippen LogP contribution in [-0.4, -0.2) is 15.5 Å². The second kappa shape index (κ2) is 5.27. The summed E-state index contributed by atoms with van der Waals surface area (Å²) in [6, 6.07) is 5.13. The van der Waals surface area contributed by atoms with E-state index in [9.17, 15) is 13.6 Å². The monoisotopic (exact) mass is 331 g/mol. The molecule has 3 aromatic rings. The molecule has 7 heteroatoms. The number of imidazole rings is 1. The van der Waals surface area contributed by atoms with Crippen molar-refractivity contribution in [1.82, 2.24) is 9.55 Å². The highest BCUT2D eigenvalue weighted by molar-refractivity contribution is 7.08. The Kier molecular flexibility index (Phi) is 3.23. The molecule has 1 N–H and O–H groups in total. The van der Waals surface area contributed by atoms with Gasteiger partial charge >= 0.3 is 0 Å². The number of fused-ring (bicyclic) bond motifs is 1. The van der Waals surface area contributed by atoms with E-state index in [1.165, 1.54) is 10.9 Å². The van der Waals surface area contributed by atoms with Gasteiger partial charge in [-0.15, -0.1) is 0 Å². The van der Waals surface area contributed by atoms with E-state index in [2.05, 4.69) is 10.3 Å². The third-order valence-corrected chi connectivity index (χ3v) is 4.59. The van der Waals surface area contributed by atoms with E-state index in [0.29, 0.717) is 11.5 Å².